The van der Waals surface area contributed by atoms with Crippen molar-refractivity contribution in [1.29, 1.82) is 0 Å². The molecule has 2 aliphatic rings. The minimum atomic E-state index is -0.115. The summed E-state index contributed by atoms with van der Waals surface area (Å²) in [4.78, 5) is 15.4. The monoisotopic (exact) mass is 266 g/mol. The Kier molecular flexibility index (Phi) is 5.26. The molecular formula is C16H30N2O. The van der Waals surface area contributed by atoms with Crippen LogP contribution in [0.2, 0.25) is 0 Å². The van der Waals surface area contributed by atoms with Crippen LogP contribution in [0.3, 0.4) is 0 Å². The van der Waals surface area contributed by atoms with Crippen molar-refractivity contribution in [2.75, 3.05) is 19.6 Å². The zero-order chi connectivity index (χ0) is 13.7. The highest BCUT2D eigenvalue weighted by atomic mass is 16.2. The van der Waals surface area contributed by atoms with Crippen LogP contribution < -0.4 is 5.32 Å². The molecule has 0 aromatic heterocycles. The van der Waals surface area contributed by atoms with E-state index in [2.05, 4.69) is 24.1 Å². The maximum atomic E-state index is 13.1. The van der Waals surface area contributed by atoms with Crippen LogP contribution in [0, 0.1) is 5.41 Å². The summed E-state index contributed by atoms with van der Waals surface area (Å²) in [7, 11) is 0. The van der Waals surface area contributed by atoms with Gasteiger partial charge in [-0.15, -0.1) is 0 Å². The summed E-state index contributed by atoms with van der Waals surface area (Å²) in [5.74, 6) is 0.441. The molecule has 0 aliphatic carbocycles. The fourth-order valence-electron chi connectivity index (χ4n) is 3.78. The molecule has 1 N–H and O–H groups in total. The molecule has 0 saturated carbocycles. The van der Waals surface area contributed by atoms with Gasteiger partial charge in [-0.25, -0.2) is 0 Å². The topological polar surface area (TPSA) is 32.3 Å². The lowest BCUT2D eigenvalue weighted by Gasteiger charge is -2.42. The quantitative estimate of drug-likeness (QED) is 0.852. The van der Waals surface area contributed by atoms with Gasteiger partial charge in [0.05, 0.1) is 5.41 Å². The Morgan fingerprint density at radius 1 is 1.26 bits per heavy atom. The zero-order valence-corrected chi connectivity index (χ0v) is 12.7. The molecule has 2 saturated heterocycles. The number of carbonyl (C=O) groups excluding carboxylic acids is 1. The van der Waals surface area contributed by atoms with Gasteiger partial charge in [-0.1, -0.05) is 26.7 Å². The standard InChI is InChI=1S/C16H30N2O/c1-3-14-9-6-5-7-12-18(14)15(19)16(4-2)10-8-11-17-13-16/h14,17H,3-13H2,1-2H3. The van der Waals surface area contributed by atoms with Crippen molar-refractivity contribution < 1.29 is 4.79 Å². The summed E-state index contributed by atoms with van der Waals surface area (Å²) in [5, 5.41) is 3.45. The zero-order valence-electron chi connectivity index (χ0n) is 12.7. The molecule has 2 heterocycles. The van der Waals surface area contributed by atoms with Crippen LogP contribution in [0.25, 0.3) is 0 Å². The van der Waals surface area contributed by atoms with Crippen LogP contribution in [0.15, 0.2) is 0 Å². The van der Waals surface area contributed by atoms with Gasteiger partial charge in [-0.2, -0.15) is 0 Å². The first-order valence-electron chi connectivity index (χ1n) is 8.25. The molecule has 110 valence electrons. The Balaban J connectivity index is 2.14. The van der Waals surface area contributed by atoms with Crippen molar-refractivity contribution in [2.45, 2.75) is 71.3 Å². The van der Waals surface area contributed by atoms with Gasteiger partial charge in [0.2, 0.25) is 5.91 Å². The van der Waals surface area contributed by atoms with Crippen molar-refractivity contribution >= 4 is 5.91 Å². The van der Waals surface area contributed by atoms with E-state index in [9.17, 15) is 4.79 Å². The number of piperidine rings is 1. The van der Waals surface area contributed by atoms with Gasteiger partial charge >= 0.3 is 0 Å². The minimum Gasteiger partial charge on any atom is -0.339 e. The number of amides is 1. The number of hydrogen-bond acceptors (Lipinski definition) is 2. The maximum Gasteiger partial charge on any atom is 0.230 e. The summed E-state index contributed by atoms with van der Waals surface area (Å²) in [6.45, 7) is 7.36. The van der Waals surface area contributed by atoms with E-state index >= 15 is 0 Å². The normalized spacial score (nSPS) is 32.9. The van der Waals surface area contributed by atoms with Crippen molar-refractivity contribution in [3.63, 3.8) is 0 Å². The Morgan fingerprint density at radius 2 is 2.11 bits per heavy atom. The highest BCUT2D eigenvalue weighted by Gasteiger charge is 2.42. The molecule has 2 fully saturated rings. The highest BCUT2D eigenvalue weighted by molar-refractivity contribution is 5.83. The third-order valence-corrected chi connectivity index (χ3v) is 5.21. The van der Waals surface area contributed by atoms with Crippen LogP contribution in [0.1, 0.15) is 65.2 Å². The number of likely N-dealkylation sites (tertiary alicyclic amines) is 1. The average Bonchev–Trinajstić information content (AvgIpc) is 2.72. The van der Waals surface area contributed by atoms with Crippen LogP contribution in [-0.2, 0) is 4.79 Å². The van der Waals surface area contributed by atoms with E-state index in [-0.39, 0.29) is 5.41 Å². The third kappa shape index (κ3) is 3.13. The third-order valence-electron chi connectivity index (χ3n) is 5.21. The van der Waals surface area contributed by atoms with Gasteiger partial charge in [0.25, 0.3) is 0 Å². The summed E-state index contributed by atoms with van der Waals surface area (Å²) in [6, 6.07) is 0.486. The second kappa shape index (κ2) is 6.74. The maximum absolute atomic E-state index is 13.1. The number of nitrogens with one attached hydrogen (secondary N) is 1. The van der Waals surface area contributed by atoms with Crippen molar-refractivity contribution in [2.24, 2.45) is 5.41 Å². The first-order valence-corrected chi connectivity index (χ1v) is 8.25. The van der Waals surface area contributed by atoms with E-state index in [1.807, 2.05) is 0 Å². The lowest BCUT2D eigenvalue weighted by molar-refractivity contribution is -0.146. The molecule has 19 heavy (non-hydrogen) atoms. The largest absolute Gasteiger partial charge is 0.339 e. The van der Waals surface area contributed by atoms with Crippen molar-refractivity contribution in [1.82, 2.24) is 10.2 Å². The average molecular weight is 266 g/mol. The highest BCUT2D eigenvalue weighted by Crippen LogP contribution is 2.34. The van der Waals surface area contributed by atoms with E-state index in [1.54, 1.807) is 0 Å². The molecule has 2 aliphatic heterocycles. The second-order valence-corrected chi connectivity index (χ2v) is 6.32. The van der Waals surface area contributed by atoms with E-state index in [0.717, 1.165) is 45.3 Å². The fraction of sp³-hybridized carbons (Fsp3) is 0.938. The first-order chi connectivity index (χ1) is 9.23. The molecule has 1 amide bonds. The van der Waals surface area contributed by atoms with Crippen molar-refractivity contribution in [3.05, 3.63) is 0 Å². The number of hydrogen-bond donors (Lipinski definition) is 1. The molecule has 3 nitrogen and oxygen atoms in total. The van der Waals surface area contributed by atoms with E-state index in [1.165, 1.54) is 25.7 Å². The second-order valence-electron chi connectivity index (χ2n) is 6.32. The summed E-state index contributed by atoms with van der Waals surface area (Å²) in [5.41, 5.74) is -0.115. The SMILES string of the molecule is CCC1CCCCCN1C(=O)C1(CC)CCCNC1. The van der Waals surface area contributed by atoms with Gasteiger partial charge < -0.3 is 10.2 Å². The summed E-state index contributed by atoms with van der Waals surface area (Å²) in [6.07, 6.45) is 9.28. The van der Waals surface area contributed by atoms with E-state index in [0.29, 0.717) is 11.9 Å². The molecule has 0 spiro atoms. The molecule has 2 unspecified atom stereocenters. The Hall–Kier alpha value is -0.570. The first kappa shape index (κ1) is 14.8. The summed E-state index contributed by atoms with van der Waals surface area (Å²) >= 11 is 0. The molecular weight excluding hydrogens is 236 g/mol. The Morgan fingerprint density at radius 3 is 2.74 bits per heavy atom. The lowest BCUT2D eigenvalue weighted by atomic mass is 9.76. The van der Waals surface area contributed by atoms with E-state index in [4.69, 9.17) is 0 Å². The Labute approximate surface area is 118 Å². The summed E-state index contributed by atoms with van der Waals surface area (Å²) < 4.78 is 0. The predicted octanol–water partition coefficient (Wildman–Crippen LogP) is 2.95. The number of carbonyl (C=O) groups is 1. The van der Waals surface area contributed by atoms with Gasteiger partial charge in [-0.05, 0) is 45.1 Å². The van der Waals surface area contributed by atoms with Gasteiger partial charge in [0.1, 0.15) is 0 Å². The molecule has 0 radical (unpaired) electrons. The van der Waals surface area contributed by atoms with E-state index < -0.39 is 0 Å². The van der Waals surface area contributed by atoms with Crippen LogP contribution >= 0.6 is 0 Å². The van der Waals surface area contributed by atoms with Crippen LogP contribution in [0.4, 0.5) is 0 Å². The van der Waals surface area contributed by atoms with Gasteiger partial charge in [0.15, 0.2) is 0 Å². The molecule has 0 aromatic rings. The predicted molar refractivity (Wildman–Crippen MR) is 79.1 cm³/mol. The molecule has 2 rings (SSSR count). The van der Waals surface area contributed by atoms with Crippen molar-refractivity contribution in [3.8, 4) is 0 Å². The number of nitrogens with zero attached hydrogens (tertiary/aromatic N) is 1. The van der Waals surface area contributed by atoms with Crippen LogP contribution in [-0.4, -0.2) is 36.5 Å². The molecule has 2 atom stereocenters. The Bertz CT molecular complexity index is 297. The molecule has 0 aromatic carbocycles. The molecule has 3 heteroatoms. The lowest BCUT2D eigenvalue weighted by Crippen LogP contribution is -2.54. The van der Waals surface area contributed by atoms with Gasteiger partial charge in [0, 0.05) is 19.1 Å². The molecule has 0 bridgehead atoms. The minimum absolute atomic E-state index is 0.115. The van der Waals surface area contributed by atoms with Crippen LogP contribution in [0.5, 0.6) is 0 Å². The smallest absolute Gasteiger partial charge is 0.230 e. The van der Waals surface area contributed by atoms with Gasteiger partial charge in [-0.3, -0.25) is 4.79 Å². The fourth-order valence-corrected chi connectivity index (χ4v) is 3.78. The number of rotatable bonds is 3.